The Morgan fingerprint density at radius 2 is 1.89 bits per heavy atom. The maximum absolute atomic E-state index is 12.5. The Morgan fingerprint density at radius 3 is 2.37 bits per heavy atom. The minimum absolute atomic E-state index is 0.111. The largest absolute Gasteiger partial charge is 0.471 e. The Morgan fingerprint density at radius 1 is 1.26 bits per heavy atom. The van der Waals surface area contributed by atoms with Crippen LogP contribution < -0.4 is 0 Å². The molecule has 0 heterocycles. The zero-order chi connectivity index (χ0) is 14.2. The molecule has 1 amide bonds. The van der Waals surface area contributed by atoms with Gasteiger partial charge in [0, 0.05) is 12.6 Å². The van der Waals surface area contributed by atoms with Crippen LogP contribution in [0.25, 0.3) is 0 Å². The van der Waals surface area contributed by atoms with Gasteiger partial charge in [-0.05, 0) is 30.5 Å². The number of alkyl halides is 3. The lowest BCUT2D eigenvalue weighted by Gasteiger charge is -2.23. The maximum Gasteiger partial charge on any atom is 0.471 e. The Kier molecular flexibility index (Phi) is 3.97. The number of hydrogen-bond donors (Lipinski definition) is 0. The Bertz CT molecular complexity index is 500. The first-order chi connectivity index (χ1) is 8.79. The van der Waals surface area contributed by atoms with Gasteiger partial charge in [-0.25, -0.2) is 0 Å². The minimum Gasteiger partial charge on any atom is -0.328 e. The summed E-state index contributed by atoms with van der Waals surface area (Å²) in [5, 5.41) is 0.583. The fraction of sp³-hybridized carbons (Fsp3) is 0.417. The number of amides is 1. The topological polar surface area (TPSA) is 20.3 Å². The van der Waals surface area contributed by atoms with E-state index in [4.69, 9.17) is 23.2 Å². The van der Waals surface area contributed by atoms with Gasteiger partial charge in [0.25, 0.3) is 0 Å². The Balaban J connectivity index is 2.17. The molecule has 0 aromatic heterocycles. The van der Waals surface area contributed by atoms with Crippen LogP contribution in [-0.4, -0.2) is 23.0 Å². The molecule has 0 radical (unpaired) electrons. The predicted octanol–water partition coefficient (Wildman–Crippen LogP) is 4.05. The molecule has 0 spiro atoms. The first-order valence-corrected chi connectivity index (χ1v) is 6.36. The highest BCUT2D eigenvalue weighted by Crippen LogP contribution is 2.33. The smallest absolute Gasteiger partial charge is 0.328 e. The van der Waals surface area contributed by atoms with Crippen molar-refractivity contribution in [2.45, 2.75) is 31.6 Å². The molecule has 0 unspecified atom stereocenters. The zero-order valence-corrected chi connectivity index (χ0v) is 11.2. The predicted molar refractivity (Wildman–Crippen MR) is 66.1 cm³/mol. The molecule has 2 nitrogen and oxygen atoms in total. The molecule has 1 aromatic carbocycles. The molecule has 1 fully saturated rings. The highest BCUT2D eigenvalue weighted by molar-refractivity contribution is 6.42. The second-order valence-electron chi connectivity index (χ2n) is 4.41. The molecule has 19 heavy (non-hydrogen) atoms. The summed E-state index contributed by atoms with van der Waals surface area (Å²) in [6, 6.07) is 4.21. The van der Waals surface area contributed by atoms with Gasteiger partial charge in [0.05, 0.1) is 10.0 Å². The van der Waals surface area contributed by atoms with Crippen molar-refractivity contribution in [2.75, 3.05) is 0 Å². The molecule has 1 aliphatic carbocycles. The number of rotatable bonds is 3. The summed E-state index contributed by atoms with van der Waals surface area (Å²) in [6.07, 6.45) is -3.65. The van der Waals surface area contributed by atoms with Crippen LogP contribution in [0, 0.1) is 0 Å². The van der Waals surface area contributed by atoms with E-state index >= 15 is 0 Å². The van der Waals surface area contributed by atoms with Crippen molar-refractivity contribution in [1.29, 1.82) is 0 Å². The van der Waals surface area contributed by atoms with Crippen molar-refractivity contribution < 1.29 is 18.0 Å². The molecule has 1 aromatic rings. The summed E-state index contributed by atoms with van der Waals surface area (Å²) in [5.41, 5.74) is 0.527. The standard InChI is InChI=1S/C12H10Cl2F3NO/c13-9-4-1-7(5-10(9)14)6-18(8-2-3-8)11(19)12(15,16)17/h1,4-5,8H,2-3,6H2. The van der Waals surface area contributed by atoms with Gasteiger partial charge < -0.3 is 4.90 Å². The van der Waals surface area contributed by atoms with Crippen LogP contribution in [0.1, 0.15) is 18.4 Å². The van der Waals surface area contributed by atoms with Crippen LogP contribution in [0.5, 0.6) is 0 Å². The van der Waals surface area contributed by atoms with Gasteiger partial charge in [-0.3, -0.25) is 4.79 Å². The van der Waals surface area contributed by atoms with Crippen molar-refractivity contribution >= 4 is 29.1 Å². The summed E-state index contributed by atoms with van der Waals surface area (Å²) >= 11 is 11.5. The summed E-state index contributed by atoms with van der Waals surface area (Å²) in [5.74, 6) is -1.80. The second-order valence-corrected chi connectivity index (χ2v) is 5.22. The van der Waals surface area contributed by atoms with Crippen LogP contribution in [0.3, 0.4) is 0 Å². The molecule has 1 aliphatic rings. The minimum atomic E-state index is -4.85. The van der Waals surface area contributed by atoms with E-state index < -0.39 is 12.1 Å². The average molecular weight is 312 g/mol. The van der Waals surface area contributed by atoms with Crippen molar-refractivity contribution in [1.82, 2.24) is 4.90 Å². The number of hydrogen-bond acceptors (Lipinski definition) is 1. The lowest BCUT2D eigenvalue weighted by molar-refractivity contribution is -0.186. The fourth-order valence-electron chi connectivity index (χ4n) is 1.75. The van der Waals surface area contributed by atoms with Gasteiger partial charge in [0.15, 0.2) is 0 Å². The molecule has 0 aliphatic heterocycles. The van der Waals surface area contributed by atoms with Crippen LogP contribution in [-0.2, 0) is 11.3 Å². The van der Waals surface area contributed by atoms with Crippen LogP contribution in [0.2, 0.25) is 10.0 Å². The van der Waals surface area contributed by atoms with Crippen LogP contribution >= 0.6 is 23.2 Å². The van der Waals surface area contributed by atoms with Gasteiger partial charge in [0.1, 0.15) is 0 Å². The molecule has 7 heteroatoms. The van der Waals surface area contributed by atoms with Crippen molar-refractivity contribution in [3.05, 3.63) is 33.8 Å². The SMILES string of the molecule is O=C(N(Cc1ccc(Cl)c(Cl)c1)C1CC1)C(F)(F)F. The van der Waals surface area contributed by atoms with E-state index in [-0.39, 0.29) is 17.6 Å². The lowest BCUT2D eigenvalue weighted by atomic mass is 10.2. The third-order valence-corrected chi connectivity index (χ3v) is 3.57. The molecule has 1 saturated carbocycles. The Hall–Kier alpha value is -0.940. The Labute approximate surface area is 118 Å². The number of carbonyl (C=O) groups is 1. The van der Waals surface area contributed by atoms with E-state index in [9.17, 15) is 18.0 Å². The maximum atomic E-state index is 12.5. The summed E-state index contributed by atoms with van der Waals surface area (Å²) < 4.78 is 37.5. The number of halogens is 5. The highest BCUT2D eigenvalue weighted by atomic mass is 35.5. The van der Waals surface area contributed by atoms with E-state index in [1.165, 1.54) is 12.1 Å². The van der Waals surface area contributed by atoms with Gasteiger partial charge in [-0.15, -0.1) is 0 Å². The summed E-state index contributed by atoms with van der Waals surface area (Å²) in [6.45, 7) is -0.111. The van der Waals surface area contributed by atoms with E-state index in [0.717, 1.165) is 4.90 Å². The molecule has 104 valence electrons. The molecule has 0 saturated heterocycles. The van der Waals surface area contributed by atoms with Gasteiger partial charge in [-0.1, -0.05) is 29.3 Å². The first-order valence-electron chi connectivity index (χ1n) is 5.61. The first kappa shape index (κ1) is 14.5. The zero-order valence-electron chi connectivity index (χ0n) is 9.68. The lowest BCUT2D eigenvalue weighted by Crippen LogP contribution is -2.42. The third kappa shape index (κ3) is 3.54. The number of carbonyl (C=O) groups excluding carboxylic acids is 1. The number of benzene rings is 1. The molecular formula is C12H10Cl2F3NO. The molecule has 2 rings (SSSR count). The highest BCUT2D eigenvalue weighted by Gasteiger charge is 2.46. The van der Waals surface area contributed by atoms with E-state index in [1.54, 1.807) is 6.07 Å². The molecule has 0 bridgehead atoms. The normalized spacial score (nSPS) is 15.4. The quantitative estimate of drug-likeness (QED) is 0.824. The molecular weight excluding hydrogens is 302 g/mol. The van der Waals surface area contributed by atoms with Crippen LogP contribution in [0.4, 0.5) is 13.2 Å². The third-order valence-electron chi connectivity index (χ3n) is 2.83. The van der Waals surface area contributed by atoms with Crippen molar-refractivity contribution in [2.24, 2.45) is 0 Å². The monoisotopic (exact) mass is 311 g/mol. The summed E-state index contributed by atoms with van der Waals surface area (Å²) in [7, 11) is 0. The second kappa shape index (κ2) is 5.21. The van der Waals surface area contributed by atoms with Gasteiger partial charge in [0.2, 0.25) is 0 Å². The fourth-order valence-corrected chi connectivity index (χ4v) is 2.07. The van der Waals surface area contributed by atoms with Crippen molar-refractivity contribution in [3.63, 3.8) is 0 Å². The van der Waals surface area contributed by atoms with Crippen molar-refractivity contribution in [3.8, 4) is 0 Å². The van der Waals surface area contributed by atoms with Gasteiger partial charge in [-0.2, -0.15) is 13.2 Å². The van der Waals surface area contributed by atoms with E-state index in [2.05, 4.69) is 0 Å². The summed E-state index contributed by atoms with van der Waals surface area (Å²) in [4.78, 5) is 12.2. The van der Waals surface area contributed by atoms with E-state index in [0.29, 0.717) is 23.4 Å². The number of nitrogens with zero attached hydrogens (tertiary/aromatic N) is 1. The average Bonchev–Trinajstić information content (AvgIpc) is 3.12. The molecule has 0 atom stereocenters. The van der Waals surface area contributed by atoms with Crippen LogP contribution in [0.15, 0.2) is 18.2 Å². The van der Waals surface area contributed by atoms with Gasteiger partial charge >= 0.3 is 12.1 Å². The molecule has 0 N–H and O–H groups in total. The van der Waals surface area contributed by atoms with E-state index in [1.807, 2.05) is 0 Å².